The van der Waals surface area contributed by atoms with Crippen molar-refractivity contribution in [3.05, 3.63) is 23.8 Å². The molecule has 0 saturated heterocycles. The topological polar surface area (TPSA) is 30.5 Å². The third-order valence-corrected chi connectivity index (χ3v) is 3.42. The highest BCUT2D eigenvalue weighted by atomic mass is 16.5. The highest BCUT2D eigenvalue weighted by molar-refractivity contribution is 5.47. The normalized spacial score (nSPS) is 14.6. The second-order valence-corrected chi connectivity index (χ2v) is 4.69. The van der Waals surface area contributed by atoms with Crippen molar-refractivity contribution < 1.29 is 9.47 Å². The summed E-state index contributed by atoms with van der Waals surface area (Å²) in [6.07, 6.45) is 3.26. The first-order valence-corrected chi connectivity index (χ1v) is 6.96. The predicted octanol–water partition coefficient (Wildman–Crippen LogP) is 3.13. The molecule has 3 heteroatoms. The Morgan fingerprint density at radius 3 is 2.72 bits per heavy atom. The van der Waals surface area contributed by atoms with Crippen LogP contribution in [-0.4, -0.2) is 19.3 Å². The van der Waals surface area contributed by atoms with Crippen LogP contribution in [0, 0.1) is 0 Å². The van der Waals surface area contributed by atoms with Crippen molar-refractivity contribution in [2.24, 2.45) is 0 Å². The molecule has 2 rings (SSSR count). The molecule has 0 spiro atoms. The molecule has 1 aliphatic heterocycles. The van der Waals surface area contributed by atoms with Crippen LogP contribution in [0.5, 0.6) is 11.5 Å². The van der Waals surface area contributed by atoms with Gasteiger partial charge in [-0.1, -0.05) is 26.0 Å². The third-order valence-electron chi connectivity index (χ3n) is 3.42. The molecule has 0 atom stereocenters. The Morgan fingerprint density at radius 2 is 1.94 bits per heavy atom. The van der Waals surface area contributed by atoms with Crippen LogP contribution < -0.4 is 14.8 Å². The van der Waals surface area contributed by atoms with Crippen LogP contribution in [0.4, 0.5) is 0 Å². The molecule has 0 aromatic heterocycles. The van der Waals surface area contributed by atoms with E-state index in [9.17, 15) is 0 Å². The van der Waals surface area contributed by atoms with Gasteiger partial charge < -0.3 is 14.8 Å². The number of rotatable bonds is 5. The summed E-state index contributed by atoms with van der Waals surface area (Å²) in [4.78, 5) is 0. The minimum absolute atomic E-state index is 0.576. The van der Waals surface area contributed by atoms with Crippen molar-refractivity contribution in [2.45, 2.75) is 45.7 Å². The maximum atomic E-state index is 5.81. The highest BCUT2D eigenvalue weighted by Crippen LogP contribution is 2.33. The molecule has 1 N–H and O–H groups in total. The first-order valence-electron chi connectivity index (χ1n) is 6.96. The summed E-state index contributed by atoms with van der Waals surface area (Å²) in [5.74, 6) is 1.81. The summed E-state index contributed by atoms with van der Waals surface area (Å²) >= 11 is 0. The fourth-order valence-electron chi connectivity index (χ4n) is 2.22. The van der Waals surface area contributed by atoms with E-state index >= 15 is 0 Å². The Balaban J connectivity index is 2.08. The van der Waals surface area contributed by atoms with Gasteiger partial charge in [-0.3, -0.25) is 0 Å². The van der Waals surface area contributed by atoms with Crippen molar-refractivity contribution in [3.63, 3.8) is 0 Å². The summed E-state index contributed by atoms with van der Waals surface area (Å²) in [6.45, 7) is 6.77. The number of benzene rings is 1. The first-order chi connectivity index (χ1) is 8.85. The summed E-state index contributed by atoms with van der Waals surface area (Å²) < 4.78 is 11.5. The highest BCUT2D eigenvalue weighted by Gasteiger charge is 2.14. The summed E-state index contributed by atoms with van der Waals surface area (Å²) in [5, 5.41) is 3.57. The Bertz CT molecular complexity index is 375. The number of ether oxygens (including phenoxy) is 2. The molecule has 0 aliphatic carbocycles. The SMILES string of the molecule is CCC(CC)NCc1cccc2c1OCCCO2. The number of hydrogen-bond donors (Lipinski definition) is 1. The molecule has 1 aromatic rings. The molecule has 100 valence electrons. The number of nitrogens with one attached hydrogen (secondary N) is 1. The van der Waals surface area contributed by atoms with Gasteiger partial charge in [-0.25, -0.2) is 0 Å². The molecule has 1 aliphatic rings. The molecule has 1 aromatic carbocycles. The van der Waals surface area contributed by atoms with Crippen molar-refractivity contribution in [3.8, 4) is 11.5 Å². The van der Waals surface area contributed by atoms with Gasteiger partial charge in [0.25, 0.3) is 0 Å². The van der Waals surface area contributed by atoms with E-state index in [1.165, 1.54) is 5.56 Å². The molecule has 0 saturated carbocycles. The molecule has 0 radical (unpaired) electrons. The molecular formula is C15H23NO2. The maximum absolute atomic E-state index is 5.81. The Morgan fingerprint density at radius 1 is 1.17 bits per heavy atom. The maximum Gasteiger partial charge on any atom is 0.165 e. The van der Waals surface area contributed by atoms with Crippen molar-refractivity contribution in [2.75, 3.05) is 13.2 Å². The number of para-hydroxylation sites is 1. The molecule has 0 fully saturated rings. The Labute approximate surface area is 109 Å². The summed E-state index contributed by atoms with van der Waals surface area (Å²) in [7, 11) is 0. The number of hydrogen-bond acceptors (Lipinski definition) is 3. The van der Waals surface area contributed by atoms with Crippen LogP contribution in [0.3, 0.4) is 0 Å². The van der Waals surface area contributed by atoms with E-state index < -0.39 is 0 Å². The lowest BCUT2D eigenvalue weighted by molar-refractivity contribution is 0.295. The molecular weight excluding hydrogens is 226 g/mol. The van der Waals surface area contributed by atoms with Crippen LogP contribution in [0.1, 0.15) is 38.7 Å². The number of fused-ring (bicyclic) bond motifs is 1. The lowest BCUT2D eigenvalue weighted by Gasteiger charge is -2.17. The lowest BCUT2D eigenvalue weighted by Crippen LogP contribution is -2.27. The second kappa shape index (κ2) is 6.64. The predicted molar refractivity (Wildman–Crippen MR) is 73.3 cm³/mol. The van der Waals surface area contributed by atoms with E-state index in [2.05, 4.69) is 25.2 Å². The Hall–Kier alpha value is -1.22. The van der Waals surface area contributed by atoms with Gasteiger partial charge in [-0.05, 0) is 18.9 Å². The summed E-state index contributed by atoms with van der Waals surface area (Å²) in [6, 6.07) is 6.72. The van der Waals surface area contributed by atoms with Gasteiger partial charge >= 0.3 is 0 Å². The van der Waals surface area contributed by atoms with Crippen LogP contribution in [-0.2, 0) is 6.54 Å². The fourth-order valence-corrected chi connectivity index (χ4v) is 2.22. The van der Waals surface area contributed by atoms with E-state index in [4.69, 9.17) is 9.47 Å². The van der Waals surface area contributed by atoms with Gasteiger partial charge in [0.15, 0.2) is 11.5 Å². The standard InChI is InChI=1S/C15H23NO2/c1-3-13(4-2)16-11-12-7-5-8-14-15(12)18-10-6-9-17-14/h5,7-8,13,16H,3-4,6,9-11H2,1-2H3. The molecule has 0 unspecified atom stereocenters. The van der Waals surface area contributed by atoms with Gasteiger partial charge in [-0.15, -0.1) is 0 Å². The zero-order valence-electron chi connectivity index (χ0n) is 11.4. The van der Waals surface area contributed by atoms with Crippen LogP contribution in [0.25, 0.3) is 0 Å². The van der Waals surface area contributed by atoms with Crippen LogP contribution >= 0.6 is 0 Å². The van der Waals surface area contributed by atoms with Crippen molar-refractivity contribution in [1.82, 2.24) is 5.32 Å². The smallest absolute Gasteiger partial charge is 0.165 e. The van der Waals surface area contributed by atoms with Crippen LogP contribution in [0.2, 0.25) is 0 Å². The van der Waals surface area contributed by atoms with E-state index in [0.717, 1.165) is 50.5 Å². The van der Waals surface area contributed by atoms with Crippen molar-refractivity contribution >= 4 is 0 Å². The van der Waals surface area contributed by atoms with Crippen LogP contribution in [0.15, 0.2) is 18.2 Å². The molecule has 1 heterocycles. The van der Waals surface area contributed by atoms with Gasteiger partial charge in [0.2, 0.25) is 0 Å². The van der Waals surface area contributed by atoms with E-state index in [1.807, 2.05) is 12.1 Å². The van der Waals surface area contributed by atoms with Gasteiger partial charge in [0, 0.05) is 24.6 Å². The van der Waals surface area contributed by atoms with E-state index in [1.54, 1.807) is 0 Å². The fraction of sp³-hybridized carbons (Fsp3) is 0.600. The average molecular weight is 249 g/mol. The molecule has 0 bridgehead atoms. The largest absolute Gasteiger partial charge is 0.490 e. The second-order valence-electron chi connectivity index (χ2n) is 4.69. The third kappa shape index (κ3) is 3.16. The van der Waals surface area contributed by atoms with E-state index in [0.29, 0.717) is 6.04 Å². The zero-order chi connectivity index (χ0) is 12.8. The average Bonchev–Trinajstić information content (AvgIpc) is 2.65. The molecule has 18 heavy (non-hydrogen) atoms. The minimum atomic E-state index is 0.576. The Kier molecular flexibility index (Phi) is 4.88. The lowest BCUT2D eigenvalue weighted by atomic mass is 10.1. The van der Waals surface area contributed by atoms with Gasteiger partial charge in [0.05, 0.1) is 13.2 Å². The monoisotopic (exact) mass is 249 g/mol. The van der Waals surface area contributed by atoms with Crippen molar-refractivity contribution in [1.29, 1.82) is 0 Å². The molecule has 0 amide bonds. The minimum Gasteiger partial charge on any atom is -0.490 e. The van der Waals surface area contributed by atoms with E-state index in [-0.39, 0.29) is 0 Å². The quantitative estimate of drug-likeness (QED) is 0.869. The van der Waals surface area contributed by atoms with Gasteiger partial charge in [-0.2, -0.15) is 0 Å². The van der Waals surface area contributed by atoms with Gasteiger partial charge in [0.1, 0.15) is 0 Å². The zero-order valence-corrected chi connectivity index (χ0v) is 11.4. The summed E-state index contributed by atoms with van der Waals surface area (Å²) in [5.41, 5.74) is 1.20. The first kappa shape index (κ1) is 13.2. The molecule has 3 nitrogen and oxygen atoms in total.